The Morgan fingerprint density at radius 3 is 2.65 bits per heavy atom. The molecule has 4 nitrogen and oxygen atoms in total. The van der Waals surface area contributed by atoms with Crippen molar-refractivity contribution in [1.82, 2.24) is 9.97 Å². The van der Waals surface area contributed by atoms with Crippen LogP contribution in [0.5, 0.6) is 11.6 Å². The number of nitrogens with zero attached hydrogens (tertiary/aromatic N) is 2. The summed E-state index contributed by atoms with van der Waals surface area (Å²) in [6.07, 6.45) is 0. The molecule has 0 spiro atoms. The highest BCUT2D eigenvalue weighted by molar-refractivity contribution is 6.30. The zero-order valence-electron chi connectivity index (χ0n) is 11.2. The van der Waals surface area contributed by atoms with E-state index in [1.807, 2.05) is 19.9 Å². The van der Waals surface area contributed by atoms with Gasteiger partial charge in [-0.25, -0.2) is 4.98 Å². The normalized spacial score (nSPS) is 10.6. The quantitative estimate of drug-likeness (QED) is 0.766. The SMILES string of the molecule is CCOCc1nc(Cl)cc(Oc2ccc(Cl)cc2C)n1. The molecule has 0 aliphatic rings. The molecule has 0 radical (unpaired) electrons. The molecular weight excluding hydrogens is 299 g/mol. The number of aryl methyl sites for hydroxylation is 1. The highest BCUT2D eigenvalue weighted by Crippen LogP contribution is 2.27. The minimum Gasteiger partial charge on any atom is -0.439 e. The highest BCUT2D eigenvalue weighted by atomic mass is 35.5. The van der Waals surface area contributed by atoms with E-state index < -0.39 is 0 Å². The summed E-state index contributed by atoms with van der Waals surface area (Å²) in [5.41, 5.74) is 0.915. The lowest BCUT2D eigenvalue weighted by Crippen LogP contribution is -2.01. The van der Waals surface area contributed by atoms with Crippen LogP contribution in [0.2, 0.25) is 10.2 Å². The molecule has 0 saturated carbocycles. The second kappa shape index (κ2) is 6.88. The van der Waals surface area contributed by atoms with Gasteiger partial charge in [-0.2, -0.15) is 4.98 Å². The molecule has 0 N–H and O–H groups in total. The summed E-state index contributed by atoms with van der Waals surface area (Å²) >= 11 is 11.9. The maximum absolute atomic E-state index is 5.95. The molecule has 0 unspecified atom stereocenters. The van der Waals surface area contributed by atoms with Crippen LogP contribution in [0, 0.1) is 6.92 Å². The van der Waals surface area contributed by atoms with Crippen LogP contribution in [-0.2, 0) is 11.3 Å². The van der Waals surface area contributed by atoms with Gasteiger partial charge >= 0.3 is 0 Å². The monoisotopic (exact) mass is 312 g/mol. The Hall–Kier alpha value is -1.36. The molecule has 1 aromatic heterocycles. The fourth-order valence-corrected chi connectivity index (χ4v) is 2.01. The van der Waals surface area contributed by atoms with Gasteiger partial charge < -0.3 is 9.47 Å². The van der Waals surface area contributed by atoms with Gasteiger partial charge in [0, 0.05) is 17.7 Å². The molecule has 0 amide bonds. The lowest BCUT2D eigenvalue weighted by atomic mass is 10.2. The molecular formula is C14H14Cl2N2O2. The lowest BCUT2D eigenvalue weighted by Gasteiger charge is -2.09. The van der Waals surface area contributed by atoms with Gasteiger partial charge in [0.15, 0.2) is 5.82 Å². The molecule has 2 rings (SSSR count). The smallest absolute Gasteiger partial charge is 0.224 e. The van der Waals surface area contributed by atoms with Gasteiger partial charge in [-0.1, -0.05) is 23.2 Å². The fraction of sp³-hybridized carbons (Fsp3) is 0.286. The van der Waals surface area contributed by atoms with E-state index in [2.05, 4.69) is 9.97 Å². The Morgan fingerprint density at radius 2 is 1.95 bits per heavy atom. The second-order valence-corrected chi connectivity index (χ2v) is 4.92. The zero-order chi connectivity index (χ0) is 14.5. The first-order valence-electron chi connectivity index (χ1n) is 6.13. The first-order valence-corrected chi connectivity index (χ1v) is 6.89. The topological polar surface area (TPSA) is 44.2 Å². The molecule has 6 heteroatoms. The molecule has 1 aromatic carbocycles. The molecule has 0 aliphatic carbocycles. The van der Waals surface area contributed by atoms with Gasteiger partial charge in [0.1, 0.15) is 17.5 Å². The summed E-state index contributed by atoms with van der Waals surface area (Å²) in [5.74, 6) is 1.54. The van der Waals surface area contributed by atoms with Gasteiger partial charge in [-0.05, 0) is 37.6 Å². The summed E-state index contributed by atoms with van der Waals surface area (Å²) in [5, 5.41) is 0.976. The molecule has 0 atom stereocenters. The van der Waals surface area contributed by atoms with Crippen molar-refractivity contribution in [2.24, 2.45) is 0 Å². The van der Waals surface area contributed by atoms with Gasteiger partial charge in [-0.3, -0.25) is 0 Å². The minimum atomic E-state index is 0.299. The van der Waals surface area contributed by atoms with Crippen LogP contribution in [0.25, 0.3) is 0 Å². The van der Waals surface area contributed by atoms with Crippen molar-refractivity contribution >= 4 is 23.2 Å². The standard InChI is InChI=1S/C14H14Cl2N2O2/c1-3-19-8-13-17-12(16)7-14(18-13)20-11-5-4-10(15)6-9(11)2/h4-7H,3,8H2,1-2H3. The minimum absolute atomic E-state index is 0.299. The summed E-state index contributed by atoms with van der Waals surface area (Å²) < 4.78 is 11.0. The number of hydrogen-bond donors (Lipinski definition) is 0. The number of rotatable bonds is 5. The van der Waals surface area contributed by atoms with E-state index in [0.717, 1.165) is 5.56 Å². The maximum atomic E-state index is 5.95. The molecule has 106 valence electrons. The zero-order valence-corrected chi connectivity index (χ0v) is 12.7. The molecule has 0 aliphatic heterocycles. The van der Waals surface area contributed by atoms with E-state index in [1.54, 1.807) is 18.2 Å². The third-order valence-corrected chi connectivity index (χ3v) is 2.93. The van der Waals surface area contributed by atoms with Crippen LogP contribution in [0.3, 0.4) is 0 Å². The number of hydrogen-bond acceptors (Lipinski definition) is 4. The summed E-state index contributed by atoms with van der Waals surface area (Å²) in [6.45, 7) is 4.69. The average Bonchev–Trinajstić information content (AvgIpc) is 2.39. The predicted octanol–water partition coefficient (Wildman–Crippen LogP) is 4.42. The van der Waals surface area contributed by atoms with Crippen molar-refractivity contribution in [1.29, 1.82) is 0 Å². The first-order chi connectivity index (χ1) is 9.58. The fourth-order valence-electron chi connectivity index (χ4n) is 1.59. The van der Waals surface area contributed by atoms with Crippen molar-refractivity contribution in [3.8, 4) is 11.6 Å². The third kappa shape index (κ3) is 4.07. The van der Waals surface area contributed by atoms with Crippen LogP contribution < -0.4 is 4.74 Å². The Kier molecular flexibility index (Phi) is 5.17. The largest absolute Gasteiger partial charge is 0.439 e. The van der Waals surface area contributed by atoms with Crippen molar-refractivity contribution in [2.45, 2.75) is 20.5 Å². The van der Waals surface area contributed by atoms with E-state index in [4.69, 9.17) is 32.7 Å². The van der Waals surface area contributed by atoms with Crippen molar-refractivity contribution < 1.29 is 9.47 Å². The summed E-state index contributed by atoms with van der Waals surface area (Å²) in [7, 11) is 0. The first kappa shape index (κ1) is 15.0. The molecule has 20 heavy (non-hydrogen) atoms. The molecule has 0 bridgehead atoms. The van der Waals surface area contributed by atoms with E-state index in [1.165, 1.54) is 0 Å². The van der Waals surface area contributed by atoms with Gasteiger partial charge in [0.25, 0.3) is 0 Å². The van der Waals surface area contributed by atoms with E-state index in [0.29, 0.717) is 40.8 Å². The predicted molar refractivity (Wildman–Crippen MR) is 78.6 cm³/mol. The van der Waals surface area contributed by atoms with Gasteiger partial charge in [-0.15, -0.1) is 0 Å². The van der Waals surface area contributed by atoms with Gasteiger partial charge in [0.2, 0.25) is 5.88 Å². The molecule has 2 aromatic rings. The van der Waals surface area contributed by atoms with Crippen LogP contribution in [0.15, 0.2) is 24.3 Å². The number of aromatic nitrogens is 2. The summed E-state index contributed by atoms with van der Waals surface area (Å²) in [4.78, 5) is 8.33. The number of halogens is 2. The van der Waals surface area contributed by atoms with Crippen molar-refractivity contribution in [3.05, 3.63) is 45.8 Å². The van der Waals surface area contributed by atoms with Crippen LogP contribution >= 0.6 is 23.2 Å². The maximum Gasteiger partial charge on any atom is 0.224 e. The van der Waals surface area contributed by atoms with Crippen LogP contribution in [0.4, 0.5) is 0 Å². The lowest BCUT2D eigenvalue weighted by molar-refractivity contribution is 0.128. The molecule has 0 fully saturated rings. The molecule has 1 heterocycles. The summed E-state index contributed by atoms with van der Waals surface area (Å²) in [6, 6.07) is 6.93. The second-order valence-electron chi connectivity index (χ2n) is 4.09. The number of ether oxygens (including phenoxy) is 2. The third-order valence-electron chi connectivity index (χ3n) is 2.50. The Labute approximate surface area is 127 Å². The van der Waals surface area contributed by atoms with Crippen molar-refractivity contribution in [2.75, 3.05) is 6.61 Å². The average molecular weight is 313 g/mol. The van der Waals surface area contributed by atoms with Gasteiger partial charge in [0.05, 0.1) is 0 Å². The van der Waals surface area contributed by atoms with Crippen LogP contribution in [0.1, 0.15) is 18.3 Å². The Morgan fingerprint density at radius 1 is 1.15 bits per heavy atom. The molecule has 0 saturated heterocycles. The van der Waals surface area contributed by atoms with E-state index in [9.17, 15) is 0 Å². The number of benzene rings is 1. The van der Waals surface area contributed by atoms with E-state index in [-0.39, 0.29) is 0 Å². The van der Waals surface area contributed by atoms with Crippen molar-refractivity contribution in [3.63, 3.8) is 0 Å². The Balaban J connectivity index is 2.21. The van der Waals surface area contributed by atoms with E-state index >= 15 is 0 Å². The highest BCUT2D eigenvalue weighted by Gasteiger charge is 2.07. The Bertz CT molecular complexity index is 606. The van der Waals surface area contributed by atoms with Crippen LogP contribution in [-0.4, -0.2) is 16.6 Å².